The quantitative estimate of drug-likeness (QED) is 0.866. The maximum absolute atomic E-state index is 12.4. The number of hydrogen-bond acceptors (Lipinski definition) is 4. The zero-order valence-electron chi connectivity index (χ0n) is 11.6. The Morgan fingerprint density at radius 2 is 2.10 bits per heavy atom. The van der Waals surface area contributed by atoms with Crippen LogP contribution in [0.2, 0.25) is 5.02 Å². The third-order valence-corrected chi connectivity index (χ3v) is 3.68. The molecule has 1 atom stereocenters. The first-order valence-corrected chi connectivity index (χ1v) is 7.09. The van der Waals surface area contributed by atoms with E-state index in [0.29, 0.717) is 30.4 Å². The Labute approximate surface area is 127 Å². The molecule has 6 nitrogen and oxygen atoms in total. The van der Waals surface area contributed by atoms with Gasteiger partial charge >= 0.3 is 0 Å². The van der Waals surface area contributed by atoms with Crippen molar-refractivity contribution >= 4 is 17.5 Å². The molecule has 0 fully saturated rings. The molecule has 1 aliphatic heterocycles. The number of carbonyl (C=O) groups excluding carboxylic acids is 1. The van der Waals surface area contributed by atoms with Crippen LogP contribution in [-0.4, -0.2) is 38.2 Å². The maximum atomic E-state index is 12.4. The topological polar surface area (TPSA) is 60.2 Å². The number of hydrogen-bond donors (Lipinski definition) is 0. The Balaban J connectivity index is 1.64. The number of carbonyl (C=O) groups is 1. The van der Waals surface area contributed by atoms with E-state index in [2.05, 4.69) is 10.2 Å². The second-order valence-corrected chi connectivity index (χ2v) is 5.35. The molecule has 1 aliphatic rings. The van der Waals surface area contributed by atoms with Crippen LogP contribution in [0.15, 0.2) is 30.6 Å². The molecule has 1 unspecified atom stereocenters. The van der Waals surface area contributed by atoms with Gasteiger partial charge in [-0.25, -0.2) is 0 Å². The second-order valence-electron chi connectivity index (χ2n) is 4.91. The van der Waals surface area contributed by atoms with E-state index in [1.54, 1.807) is 42.4 Å². The predicted molar refractivity (Wildman–Crippen MR) is 77.0 cm³/mol. The molecule has 3 rings (SSSR count). The Morgan fingerprint density at radius 3 is 2.86 bits per heavy atom. The SMILES string of the molecule is CC(Oc1ccc(Cl)cc1)C(=O)N1CCn2cnnc2C1. The van der Waals surface area contributed by atoms with E-state index in [-0.39, 0.29) is 5.91 Å². The van der Waals surface area contributed by atoms with E-state index in [1.807, 2.05) is 4.57 Å². The first-order chi connectivity index (χ1) is 10.1. The van der Waals surface area contributed by atoms with Gasteiger partial charge in [-0.05, 0) is 31.2 Å². The van der Waals surface area contributed by atoms with Crippen molar-refractivity contribution in [3.63, 3.8) is 0 Å². The van der Waals surface area contributed by atoms with Crippen molar-refractivity contribution in [3.05, 3.63) is 41.4 Å². The normalized spacial score (nSPS) is 15.4. The van der Waals surface area contributed by atoms with Crippen molar-refractivity contribution in [2.24, 2.45) is 0 Å². The molecule has 2 heterocycles. The first kappa shape index (κ1) is 13.9. The number of nitrogens with zero attached hydrogens (tertiary/aromatic N) is 4. The molecule has 2 aromatic rings. The fourth-order valence-electron chi connectivity index (χ4n) is 2.28. The molecular formula is C14H15ClN4O2. The highest BCUT2D eigenvalue weighted by Crippen LogP contribution is 2.18. The van der Waals surface area contributed by atoms with Crippen LogP contribution in [0, 0.1) is 0 Å². The fourth-order valence-corrected chi connectivity index (χ4v) is 2.41. The second kappa shape index (κ2) is 5.73. The summed E-state index contributed by atoms with van der Waals surface area (Å²) in [5.41, 5.74) is 0. The zero-order chi connectivity index (χ0) is 14.8. The summed E-state index contributed by atoms with van der Waals surface area (Å²) in [6.45, 7) is 3.56. The van der Waals surface area contributed by atoms with Gasteiger partial charge < -0.3 is 14.2 Å². The Bertz CT molecular complexity index is 641. The van der Waals surface area contributed by atoms with Crippen molar-refractivity contribution in [2.75, 3.05) is 6.54 Å². The van der Waals surface area contributed by atoms with Crippen molar-refractivity contribution in [1.82, 2.24) is 19.7 Å². The van der Waals surface area contributed by atoms with Gasteiger partial charge in [0.1, 0.15) is 12.1 Å². The Morgan fingerprint density at radius 1 is 1.33 bits per heavy atom. The molecule has 0 saturated carbocycles. The number of amides is 1. The van der Waals surface area contributed by atoms with Crippen LogP contribution in [0.1, 0.15) is 12.7 Å². The highest BCUT2D eigenvalue weighted by molar-refractivity contribution is 6.30. The minimum absolute atomic E-state index is 0.0563. The van der Waals surface area contributed by atoms with Crippen molar-refractivity contribution < 1.29 is 9.53 Å². The van der Waals surface area contributed by atoms with Gasteiger partial charge in [-0.1, -0.05) is 11.6 Å². The molecule has 1 aromatic carbocycles. The van der Waals surface area contributed by atoms with Crippen LogP contribution < -0.4 is 4.74 Å². The third-order valence-electron chi connectivity index (χ3n) is 3.42. The number of halogens is 1. The highest BCUT2D eigenvalue weighted by atomic mass is 35.5. The lowest BCUT2D eigenvalue weighted by Gasteiger charge is -2.29. The number of fused-ring (bicyclic) bond motifs is 1. The number of aromatic nitrogens is 3. The standard InChI is InChI=1S/C14H15ClN4O2/c1-10(21-12-4-2-11(15)3-5-12)14(20)18-6-7-19-9-16-17-13(19)8-18/h2-5,9-10H,6-8H2,1H3. The molecule has 110 valence electrons. The van der Waals surface area contributed by atoms with Crippen molar-refractivity contribution in [2.45, 2.75) is 26.1 Å². The van der Waals surface area contributed by atoms with E-state index in [4.69, 9.17) is 16.3 Å². The maximum Gasteiger partial charge on any atom is 0.263 e. The van der Waals surface area contributed by atoms with E-state index >= 15 is 0 Å². The lowest BCUT2D eigenvalue weighted by Crippen LogP contribution is -2.44. The van der Waals surface area contributed by atoms with Gasteiger partial charge in [-0.15, -0.1) is 10.2 Å². The van der Waals surface area contributed by atoms with Crippen LogP contribution >= 0.6 is 11.6 Å². The largest absolute Gasteiger partial charge is 0.481 e. The Kier molecular flexibility index (Phi) is 3.79. The first-order valence-electron chi connectivity index (χ1n) is 6.71. The number of benzene rings is 1. The molecule has 0 aliphatic carbocycles. The number of rotatable bonds is 3. The average molecular weight is 307 g/mol. The van der Waals surface area contributed by atoms with Gasteiger partial charge in [0.25, 0.3) is 5.91 Å². The van der Waals surface area contributed by atoms with Gasteiger partial charge in [0.05, 0.1) is 6.54 Å². The summed E-state index contributed by atoms with van der Waals surface area (Å²) in [5.74, 6) is 1.37. The monoisotopic (exact) mass is 306 g/mol. The van der Waals surface area contributed by atoms with Gasteiger partial charge in [-0.2, -0.15) is 0 Å². The van der Waals surface area contributed by atoms with Crippen LogP contribution in [0.3, 0.4) is 0 Å². The molecule has 0 N–H and O–H groups in total. The van der Waals surface area contributed by atoms with Crippen molar-refractivity contribution in [1.29, 1.82) is 0 Å². The van der Waals surface area contributed by atoms with Gasteiger partial charge in [0, 0.05) is 18.1 Å². The molecular weight excluding hydrogens is 292 g/mol. The molecule has 1 amide bonds. The minimum Gasteiger partial charge on any atom is -0.481 e. The summed E-state index contributed by atoms with van der Waals surface area (Å²) in [4.78, 5) is 14.2. The predicted octanol–water partition coefficient (Wildman–Crippen LogP) is 1.74. The lowest BCUT2D eigenvalue weighted by molar-refractivity contribution is -0.139. The molecule has 0 saturated heterocycles. The van der Waals surface area contributed by atoms with E-state index < -0.39 is 6.10 Å². The summed E-state index contributed by atoms with van der Waals surface area (Å²) in [6, 6.07) is 6.97. The summed E-state index contributed by atoms with van der Waals surface area (Å²) in [6.07, 6.45) is 1.13. The summed E-state index contributed by atoms with van der Waals surface area (Å²) in [5, 5.41) is 8.49. The van der Waals surface area contributed by atoms with Crippen LogP contribution in [-0.2, 0) is 17.9 Å². The Hall–Kier alpha value is -2.08. The average Bonchev–Trinajstić information content (AvgIpc) is 2.96. The van der Waals surface area contributed by atoms with Crippen molar-refractivity contribution in [3.8, 4) is 5.75 Å². The molecule has 0 spiro atoms. The molecule has 1 aromatic heterocycles. The van der Waals surface area contributed by atoms with Gasteiger partial charge in [-0.3, -0.25) is 4.79 Å². The van der Waals surface area contributed by atoms with Crippen LogP contribution in [0.4, 0.5) is 0 Å². The molecule has 21 heavy (non-hydrogen) atoms. The molecule has 0 radical (unpaired) electrons. The summed E-state index contributed by atoms with van der Waals surface area (Å²) in [7, 11) is 0. The molecule has 0 bridgehead atoms. The summed E-state index contributed by atoms with van der Waals surface area (Å²) < 4.78 is 7.61. The summed E-state index contributed by atoms with van der Waals surface area (Å²) >= 11 is 5.82. The number of ether oxygens (including phenoxy) is 1. The van der Waals surface area contributed by atoms with Crippen LogP contribution in [0.5, 0.6) is 5.75 Å². The third kappa shape index (κ3) is 3.00. The van der Waals surface area contributed by atoms with E-state index in [1.165, 1.54) is 0 Å². The minimum atomic E-state index is -0.555. The van der Waals surface area contributed by atoms with E-state index in [9.17, 15) is 4.79 Å². The van der Waals surface area contributed by atoms with Gasteiger partial charge in [0.15, 0.2) is 11.9 Å². The smallest absolute Gasteiger partial charge is 0.263 e. The molecule has 7 heteroatoms. The fraction of sp³-hybridized carbons (Fsp3) is 0.357. The zero-order valence-corrected chi connectivity index (χ0v) is 12.3. The van der Waals surface area contributed by atoms with Crippen LogP contribution in [0.25, 0.3) is 0 Å². The van der Waals surface area contributed by atoms with Gasteiger partial charge in [0.2, 0.25) is 0 Å². The highest BCUT2D eigenvalue weighted by Gasteiger charge is 2.26. The lowest BCUT2D eigenvalue weighted by atomic mass is 10.2. The van der Waals surface area contributed by atoms with E-state index in [0.717, 1.165) is 5.82 Å².